The van der Waals surface area contributed by atoms with Gasteiger partial charge in [0, 0.05) is 17.0 Å². The van der Waals surface area contributed by atoms with Gasteiger partial charge in [-0.15, -0.1) is 0 Å². The summed E-state index contributed by atoms with van der Waals surface area (Å²) < 4.78 is 5.07. The molecule has 2 aromatic rings. The fourth-order valence-electron chi connectivity index (χ4n) is 1.55. The summed E-state index contributed by atoms with van der Waals surface area (Å²) in [5.41, 5.74) is 1.45. The molecule has 17 heavy (non-hydrogen) atoms. The highest BCUT2D eigenvalue weighted by Gasteiger charge is 2.13. The molecule has 0 saturated carbocycles. The molecule has 0 radical (unpaired) electrons. The number of carbonyl (C=O) groups excluding carboxylic acids is 1. The zero-order valence-electron chi connectivity index (χ0n) is 10.1. The maximum Gasteiger partial charge on any atom is 0.257 e. The molecule has 1 aromatic carbocycles. The van der Waals surface area contributed by atoms with E-state index in [1.807, 2.05) is 26.0 Å². The summed E-state index contributed by atoms with van der Waals surface area (Å²) in [5.74, 6) is 1.12. The van der Waals surface area contributed by atoms with Crippen molar-refractivity contribution in [2.24, 2.45) is 5.92 Å². The van der Waals surface area contributed by atoms with Gasteiger partial charge in [-0.05, 0) is 19.1 Å². The number of hydrogen-bond donors (Lipinski definition) is 0. The molecule has 2 rings (SSSR count). The van der Waals surface area contributed by atoms with Crippen molar-refractivity contribution >= 4 is 5.78 Å². The zero-order valence-corrected chi connectivity index (χ0v) is 10.1. The smallest absolute Gasteiger partial charge is 0.257 e. The van der Waals surface area contributed by atoms with Gasteiger partial charge in [0.05, 0.1) is 0 Å². The molecular weight excluding hydrogens is 216 g/mol. The molecule has 0 atom stereocenters. The summed E-state index contributed by atoms with van der Waals surface area (Å²) in [6.45, 7) is 5.52. The second-order valence-corrected chi connectivity index (χ2v) is 4.25. The zero-order chi connectivity index (χ0) is 12.4. The lowest BCUT2D eigenvalue weighted by Crippen LogP contribution is -2.07. The van der Waals surface area contributed by atoms with Crippen molar-refractivity contribution in [2.45, 2.75) is 20.8 Å². The SMILES string of the molecule is Cc1noc(-c2cccc(C(=O)C(C)C)c2)n1. The average molecular weight is 230 g/mol. The predicted molar refractivity (Wildman–Crippen MR) is 63.6 cm³/mol. The number of aryl methyl sites for hydroxylation is 1. The predicted octanol–water partition coefficient (Wildman–Crippen LogP) is 2.88. The molecule has 4 nitrogen and oxygen atoms in total. The van der Waals surface area contributed by atoms with Gasteiger partial charge in [-0.1, -0.05) is 31.1 Å². The van der Waals surface area contributed by atoms with Gasteiger partial charge in [0.15, 0.2) is 11.6 Å². The van der Waals surface area contributed by atoms with E-state index < -0.39 is 0 Å². The van der Waals surface area contributed by atoms with Crippen LogP contribution >= 0.6 is 0 Å². The van der Waals surface area contributed by atoms with Crippen LogP contribution in [0, 0.1) is 12.8 Å². The van der Waals surface area contributed by atoms with Crippen molar-refractivity contribution in [3.8, 4) is 11.5 Å². The Morgan fingerprint density at radius 2 is 2.12 bits per heavy atom. The van der Waals surface area contributed by atoms with Crippen LogP contribution < -0.4 is 0 Å². The number of rotatable bonds is 3. The summed E-state index contributed by atoms with van der Waals surface area (Å²) in [6.07, 6.45) is 0. The Hall–Kier alpha value is -1.97. The van der Waals surface area contributed by atoms with E-state index in [-0.39, 0.29) is 11.7 Å². The van der Waals surface area contributed by atoms with E-state index in [9.17, 15) is 4.79 Å². The van der Waals surface area contributed by atoms with Gasteiger partial charge >= 0.3 is 0 Å². The van der Waals surface area contributed by atoms with Crippen molar-refractivity contribution in [2.75, 3.05) is 0 Å². The Balaban J connectivity index is 2.38. The van der Waals surface area contributed by atoms with Crippen LogP contribution in [0.15, 0.2) is 28.8 Å². The number of hydrogen-bond acceptors (Lipinski definition) is 4. The monoisotopic (exact) mass is 230 g/mol. The largest absolute Gasteiger partial charge is 0.334 e. The Kier molecular flexibility index (Phi) is 3.04. The fraction of sp³-hybridized carbons (Fsp3) is 0.308. The Bertz CT molecular complexity index is 544. The Labute approximate surface area is 99.7 Å². The molecule has 0 unspecified atom stereocenters. The molecule has 0 aliphatic heterocycles. The highest BCUT2D eigenvalue weighted by molar-refractivity contribution is 5.98. The molecule has 0 aliphatic carbocycles. The standard InChI is InChI=1S/C13H14N2O2/c1-8(2)12(16)10-5-4-6-11(7-10)13-14-9(3)15-17-13/h4-8H,1-3H3. The first kappa shape index (κ1) is 11.5. The molecule has 0 saturated heterocycles. The van der Waals surface area contributed by atoms with Crippen LogP contribution in [0.25, 0.3) is 11.5 Å². The first-order valence-corrected chi connectivity index (χ1v) is 5.53. The normalized spacial score (nSPS) is 10.8. The van der Waals surface area contributed by atoms with Gasteiger partial charge in [0.2, 0.25) is 0 Å². The second-order valence-electron chi connectivity index (χ2n) is 4.25. The average Bonchev–Trinajstić information content (AvgIpc) is 2.75. The van der Waals surface area contributed by atoms with Gasteiger partial charge < -0.3 is 4.52 Å². The minimum atomic E-state index is -0.0188. The van der Waals surface area contributed by atoms with Crippen molar-refractivity contribution in [3.05, 3.63) is 35.7 Å². The highest BCUT2D eigenvalue weighted by atomic mass is 16.5. The summed E-state index contributed by atoms with van der Waals surface area (Å²) in [6, 6.07) is 7.26. The van der Waals surface area contributed by atoms with E-state index in [1.165, 1.54) is 0 Å². The fourth-order valence-corrected chi connectivity index (χ4v) is 1.55. The second kappa shape index (κ2) is 4.49. The van der Waals surface area contributed by atoms with E-state index in [4.69, 9.17) is 4.52 Å². The molecule has 0 amide bonds. The van der Waals surface area contributed by atoms with Crippen LogP contribution in [0.4, 0.5) is 0 Å². The molecule has 0 N–H and O–H groups in total. The molecule has 0 fully saturated rings. The topological polar surface area (TPSA) is 56.0 Å². The molecule has 1 heterocycles. The third kappa shape index (κ3) is 2.41. The number of ketones is 1. The number of aromatic nitrogens is 2. The number of carbonyl (C=O) groups is 1. The van der Waals surface area contributed by atoms with E-state index in [0.717, 1.165) is 5.56 Å². The van der Waals surface area contributed by atoms with Crippen LogP contribution in [0.3, 0.4) is 0 Å². The number of nitrogens with zero attached hydrogens (tertiary/aromatic N) is 2. The van der Waals surface area contributed by atoms with Crippen molar-refractivity contribution in [3.63, 3.8) is 0 Å². The van der Waals surface area contributed by atoms with Crippen LogP contribution in [0.2, 0.25) is 0 Å². The maximum atomic E-state index is 11.9. The quantitative estimate of drug-likeness (QED) is 0.761. The minimum Gasteiger partial charge on any atom is -0.334 e. The highest BCUT2D eigenvalue weighted by Crippen LogP contribution is 2.19. The molecule has 0 bridgehead atoms. The molecule has 4 heteroatoms. The van der Waals surface area contributed by atoms with Crippen LogP contribution in [0.1, 0.15) is 30.0 Å². The van der Waals surface area contributed by atoms with Gasteiger partial charge in [-0.25, -0.2) is 0 Å². The molecular formula is C13H14N2O2. The molecule has 88 valence electrons. The summed E-state index contributed by atoms with van der Waals surface area (Å²) in [4.78, 5) is 16.0. The van der Waals surface area contributed by atoms with Gasteiger partial charge in [-0.3, -0.25) is 4.79 Å². The van der Waals surface area contributed by atoms with Crippen LogP contribution in [-0.2, 0) is 0 Å². The molecule has 0 aliphatic rings. The van der Waals surface area contributed by atoms with Crippen molar-refractivity contribution in [1.29, 1.82) is 0 Å². The van der Waals surface area contributed by atoms with Crippen molar-refractivity contribution < 1.29 is 9.32 Å². The lowest BCUT2D eigenvalue weighted by molar-refractivity contribution is 0.0939. The molecule has 0 spiro atoms. The first-order chi connectivity index (χ1) is 8.08. The number of Topliss-reactive ketones (excluding diaryl/α,β-unsaturated/α-hetero) is 1. The minimum absolute atomic E-state index is 0.0188. The van der Waals surface area contributed by atoms with Gasteiger partial charge in [-0.2, -0.15) is 4.98 Å². The Morgan fingerprint density at radius 1 is 1.35 bits per heavy atom. The van der Waals surface area contributed by atoms with E-state index >= 15 is 0 Å². The summed E-state index contributed by atoms with van der Waals surface area (Å²) in [7, 11) is 0. The third-order valence-corrected chi connectivity index (χ3v) is 2.45. The van der Waals surface area contributed by atoms with Crippen LogP contribution in [-0.4, -0.2) is 15.9 Å². The molecule has 1 aromatic heterocycles. The number of benzene rings is 1. The third-order valence-electron chi connectivity index (χ3n) is 2.45. The first-order valence-electron chi connectivity index (χ1n) is 5.53. The van der Waals surface area contributed by atoms with Gasteiger partial charge in [0.25, 0.3) is 5.89 Å². The summed E-state index contributed by atoms with van der Waals surface area (Å²) >= 11 is 0. The Morgan fingerprint density at radius 3 is 2.71 bits per heavy atom. The van der Waals surface area contributed by atoms with E-state index in [1.54, 1.807) is 19.1 Å². The lowest BCUT2D eigenvalue weighted by atomic mass is 9.99. The summed E-state index contributed by atoms with van der Waals surface area (Å²) in [5, 5.41) is 3.73. The van der Waals surface area contributed by atoms with E-state index in [0.29, 0.717) is 17.3 Å². The van der Waals surface area contributed by atoms with E-state index in [2.05, 4.69) is 10.1 Å². The lowest BCUT2D eigenvalue weighted by Gasteiger charge is -2.04. The van der Waals surface area contributed by atoms with Gasteiger partial charge in [0.1, 0.15) is 0 Å². The maximum absolute atomic E-state index is 11.9. The van der Waals surface area contributed by atoms with Crippen LogP contribution in [0.5, 0.6) is 0 Å². The van der Waals surface area contributed by atoms with Crippen molar-refractivity contribution in [1.82, 2.24) is 10.1 Å².